The molecule has 0 atom stereocenters. The molecule has 0 radical (unpaired) electrons. The number of nitrogens with zero attached hydrogens (tertiary/aromatic N) is 1. The average Bonchev–Trinajstić information content (AvgIpc) is 2.06. The quantitative estimate of drug-likeness (QED) is 0.551. The van der Waals surface area contributed by atoms with Gasteiger partial charge in [-0.05, 0) is 31.5 Å². The number of pyridine rings is 1. The fraction of sp³-hybridized carbons (Fsp3) is 0.300. The average molecular weight is 145 g/mol. The first-order valence-electron chi connectivity index (χ1n) is 3.55. The standard InChI is InChI=1S/C10H11N/c1-4-10(2,3)9-5-7-11-8-6-9/h1,5-8H,2-3H3. The summed E-state index contributed by atoms with van der Waals surface area (Å²) < 4.78 is 0. The lowest BCUT2D eigenvalue weighted by molar-refractivity contribution is 0.697. The van der Waals surface area contributed by atoms with Crippen LogP contribution in [0.4, 0.5) is 0 Å². The smallest absolute Gasteiger partial charge is 0.0505 e. The van der Waals surface area contributed by atoms with Crippen molar-refractivity contribution in [2.24, 2.45) is 0 Å². The van der Waals surface area contributed by atoms with Gasteiger partial charge in [-0.3, -0.25) is 4.98 Å². The van der Waals surface area contributed by atoms with Gasteiger partial charge in [-0.15, -0.1) is 6.42 Å². The van der Waals surface area contributed by atoms with Crippen molar-refractivity contribution >= 4 is 0 Å². The summed E-state index contributed by atoms with van der Waals surface area (Å²) in [5, 5.41) is 0. The summed E-state index contributed by atoms with van der Waals surface area (Å²) in [4.78, 5) is 3.92. The summed E-state index contributed by atoms with van der Waals surface area (Å²) in [6.45, 7) is 4.03. The Bertz CT molecular complexity index is 267. The molecule has 0 aliphatic carbocycles. The van der Waals surface area contributed by atoms with Crippen LogP contribution in [0.15, 0.2) is 24.5 Å². The van der Waals surface area contributed by atoms with E-state index in [1.165, 1.54) is 0 Å². The third kappa shape index (κ3) is 1.59. The SMILES string of the molecule is C#CC(C)(C)c1ccncc1. The Morgan fingerprint density at radius 3 is 2.36 bits per heavy atom. The molecule has 1 rings (SSSR count). The Morgan fingerprint density at radius 2 is 1.91 bits per heavy atom. The van der Waals surface area contributed by atoms with E-state index in [1.54, 1.807) is 12.4 Å². The van der Waals surface area contributed by atoms with E-state index in [-0.39, 0.29) is 5.41 Å². The van der Waals surface area contributed by atoms with Gasteiger partial charge in [0, 0.05) is 12.4 Å². The van der Waals surface area contributed by atoms with E-state index in [9.17, 15) is 0 Å². The maximum absolute atomic E-state index is 5.37. The molecule has 0 saturated heterocycles. The van der Waals surface area contributed by atoms with Crippen molar-refractivity contribution in [1.29, 1.82) is 0 Å². The molecule has 0 fully saturated rings. The van der Waals surface area contributed by atoms with Crippen molar-refractivity contribution in [3.05, 3.63) is 30.1 Å². The number of aromatic nitrogens is 1. The third-order valence-electron chi connectivity index (χ3n) is 1.76. The summed E-state index contributed by atoms with van der Waals surface area (Å²) in [7, 11) is 0. The van der Waals surface area contributed by atoms with Gasteiger partial charge in [0.1, 0.15) is 0 Å². The molecule has 1 aromatic heterocycles. The molecular weight excluding hydrogens is 134 g/mol. The van der Waals surface area contributed by atoms with Gasteiger partial charge in [0.05, 0.1) is 5.41 Å². The zero-order valence-corrected chi connectivity index (χ0v) is 6.83. The van der Waals surface area contributed by atoms with Gasteiger partial charge in [0.25, 0.3) is 0 Å². The molecule has 0 saturated carbocycles. The maximum Gasteiger partial charge on any atom is 0.0505 e. The van der Waals surface area contributed by atoms with Crippen LogP contribution in [-0.4, -0.2) is 4.98 Å². The third-order valence-corrected chi connectivity index (χ3v) is 1.76. The molecule has 0 aliphatic heterocycles. The molecule has 1 nitrogen and oxygen atoms in total. The van der Waals surface area contributed by atoms with Gasteiger partial charge < -0.3 is 0 Å². The van der Waals surface area contributed by atoms with Crippen LogP contribution in [0.3, 0.4) is 0 Å². The van der Waals surface area contributed by atoms with Gasteiger partial charge in [-0.25, -0.2) is 0 Å². The van der Waals surface area contributed by atoms with E-state index in [4.69, 9.17) is 6.42 Å². The van der Waals surface area contributed by atoms with E-state index in [0.717, 1.165) is 5.56 Å². The summed E-state index contributed by atoms with van der Waals surface area (Å²) in [6, 6.07) is 3.89. The van der Waals surface area contributed by atoms with Crippen molar-refractivity contribution in [3.63, 3.8) is 0 Å². The fourth-order valence-electron chi connectivity index (χ4n) is 0.852. The number of terminal acetylenes is 1. The lowest BCUT2D eigenvalue weighted by Gasteiger charge is -2.16. The molecular formula is C10H11N. The zero-order chi connectivity index (χ0) is 8.32. The highest BCUT2D eigenvalue weighted by atomic mass is 14.6. The lowest BCUT2D eigenvalue weighted by atomic mass is 9.86. The Kier molecular flexibility index (Phi) is 1.96. The van der Waals surface area contributed by atoms with Gasteiger partial charge in [0.15, 0.2) is 0 Å². The molecule has 1 heterocycles. The highest BCUT2D eigenvalue weighted by Crippen LogP contribution is 2.20. The van der Waals surface area contributed by atoms with Gasteiger partial charge in [-0.2, -0.15) is 0 Å². The Labute approximate surface area is 67.5 Å². The summed E-state index contributed by atoms with van der Waals surface area (Å²) in [6.07, 6.45) is 8.88. The summed E-state index contributed by atoms with van der Waals surface area (Å²) in [5.74, 6) is 2.73. The van der Waals surface area contributed by atoms with E-state index < -0.39 is 0 Å². The molecule has 0 N–H and O–H groups in total. The Balaban J connectivity index is 3.05. The largest absolute Gasteiger partial charge is 0.265 e. The van der Waals surface area contributed by atoms with Crippen LogP contribution in [-0.2, 0) is 5.41 Å². The minimum atomic E-state index is -0.178. The van der Waals surface area contributed by atoms with Crippen LogP contribution < -0.4 is 0 Å². The molecule has 0 spiro atoms. The second-order valence-electron chi connectivity index (χ2n) is 3.01. The second kappa shape index (κ2) is 2.75. The molecule has 1 heteroatoms. The van der Waals surface area contributed by atoms with Crippen molar-refractivity contribution in [1.82, 2.24) is 4.98 Å². The van der Waals surface area contributed by atoms with Gasteiger partial charge >= 0.3 is 0 Å². The van der Waals surface area contributed by atoms with E-state index in [1.807, 2.05) is 26.0 Å². The topological polar surface area (TPSA) is 12.9 Å². The molecule has 1 aromatic rings. The zero-order valence-electron chi connectivity index (χ0n) is 6.83. The monoisotopic (exact) mass is 145 g/mol. The molecule has 11 heavy (non-hydrogen) atoms. The first kappa shape index (κ1) is 7.81. The predicted octanol–water partition coefficient (Wildman–Crippen LogP) is 1.99. The van der Waals surface area contributed by atoms with Gasteiger partial charge in [0.2, 0.25) is 0 Å². The minimum absolute atomic E-state index is 0.178. The molecule has 0 unspecified atom stereocenters. The number of rotatable bonds is 1. The summed E-state index contributed by atoms with van der Waals surface area (Å²) in [5.41, 5.74) is 0.957. The van der Waals surface area contributed by atoms with Crippen LogP contribution in [0.5, 0.6) is 0 Å². The van der Waals surface area contributed by atoms with Crippen LogP contribution in [0, 0.1) is 12.3 Å². The molecule has 56 valence electrons. The molecule has 0 bridgehead atoms. The fourth-order valence-corrected chi connectivity index (χ4v) is 0.852. The van der Waals surface area contributed by atoms with E-state index >= 15 is 0 Å². The Hall–Kier alpha value is -1.29. The van der Waals surface area contributed by atoms with Crippen LogP contribution in [0.1, 0.15) is 19.4 Å². The predicted molar refractivity (Wildman–Crippen MR) is 46.1 cm³/mol. The molecule has 0 aliphatic rings. The first-order chi connectivity index (χ1) is 5.17. The molecule has 0 amide bonds. The van der Waals surface area contributed by atoms with E-state index in [0.29, 0.717) is 0 Å². The maximum atomic E-state index is 5.37. The number of hydrogen-bond donors (Lipinski definition) is 0. The highest BCUT2D eigenvalue weighted by Gasteiger charge is 2.15. The van der Waals surface area contributed by atoms with E-state index in [2.05, 4.69) is 10.9 Å². The van der Waals surface area contributed by atoms with Crippen molar-refractivity contribution in [3.8, 4) is 12.3 Å². The number of hydrogen-bond acceptors (Lipinski definition) is 1. The highest BCUT2D eigenvalue weighted by molar-refractivity contribution is 5.29. The van der Waals surface area contributed by atoms with Crippen LogP contribution in [0.25, 0.3) is 0 Å². The summed E-state index contributed by atoms with van der Waals surface area (Å²) >= 11 is 0. The first-order valence-corrected chi connectivity index (χ1v) is 3.55. The van der Waals surface area contributed by atoms with Crippen molar-refractivity contribution < 1.29 is 0 Å². The lowest BCUT2D eigenvalue weighted by Crippen LogP contribution is -2.13. The molecule has 0 aromatic carbocycles. The van der Waals surface area contributed by atoms with Gasteiger partial charge in [-0.1, -0.05) is 5.92 Å². The van der Waals surface area contributed by atoms with Crippen molar-refractivity contribution in [2.45, 2.75) is 19.3 Å². The van der Waals surface area contributed by atoms with Crippen LogP contribution in [0.2, 0.25) is 0 Å². The van der Waals surface area contributed by atoms with Crippen LogP contribution >= 0.6 is 0 Å². The normalized spacial score (nSPS) is 10.6. The Morgan fingerprint density at radius 1 is 1.36 bits per heavy atom. The van der Waals surface area contributed by atoms with Crippen molar-refractivity contribution in [2.75, 3.05) is 0 Å². The second-order valence-corrected chi connectivity index (χ2v) is 3.01. The minimum Gasteiger partial charge on any atom is -0.265 e.